The van der Waals surface area contributed by atoms with Crippen molar-refractivity contribution in [3.05, 3.63) is 48.1 Å². The third kappa shape index (κ3) is 4.27. The Labute approximate surface area is 109 Å². The molecule has 0 amide bonds. The summed E-state index contributed by atoms with van der Waals surface area (Å²) in [4.78, 5) is 0. The van der Waals surface area contributed by atoms with E-state index in [4.69, 9.17) is 16.3 Å². The van der Waals surface area contributed by atoms with Crippen molar-refractivity contribution >= 4 is 17.7 Å². The summed E-state index contributed by atoms with van der Waals surface area (Å²) in [6.45, 7) is 8.45. The van der Waals surface area contributed by atoms with E-state index in [0.29, 0.717) is 18.4 Å². The minimum atomic E-state index is 0.444. The maximum absolute atomic E-state index is 5.94. The van der Waals surface area contributed by atoms with E-state index in [2.05, 4.69) is 26.5 Å². The summed E-state index contributed by atoms with van der Waals surface area (Å²) < 4.78 is 5.61. The van der Waals surface area contributed by atoms with E-state index in [0.717, 1.165) is 11.3 Å². The minimum absolute atomic E-state index is 0.444. The minimum Gasteiger partial charge on any atom is -0.489 e. The van der Waals surface area contributed by atoms with Crippen LogP contribution in [0.1, 0.15) is 19.4 Å². The monoisotopic (exact) mass is 250 g/mol. The van der Waals surface area contributed by atoms with Crippen LogP contribution in [-0.2, 0) is 0 Å². The highest BCUT2D eigenvalue weighted by Crippen LogP contribution is 2.23. The lowest BCUT2D eigenvalue weighted by atomic mass is 10.0. The van der Waals surface area contributed by atoms with E-state index in [-0.39, 0.29) is 0 Å². The van der Waals surface area contributed by atoms with E-state index >= 15 is 0 Å². The lowest BCUT2D eigenvalue weighted by Gasteiger charge is -2.11. The fraction of sp³-hybridized carbons (Fsp3) is 0.333. The molecule has 92 valence electrons. The van der Waals surface area contributed by atoms with Crippen LogP contribution in [0.15, 0.2) is 42.5 Å². The second-order valence-corrected chi connectivity index (χ2v) is 4.41. The number of rotatable bonds is 6. The molecule has 0 atom stereocenters. The molecule has 0 spiro atoms. The van der Waals surface area contributed by atoms with Gasteiger partial charge in [-0.05, 0) is 12.0 Å². The maximum atomic E-state index is 5.94. The first-order chi connectivity index (χ1) is 8.19. The van der Waals surface area contributed by atoms with Crippen molar-refractivity contribution < 1.29 is 4.74 Å². The Balaban J connectivity index is 2.99. The first kappa shape index (κ1) is 13.9. The third-order valence-corrected chi connectivity index (χ3v) is 2.82. The Morgan fingerprint density at radius 3 is 2.71 bits per heavy atom. The topological polar surface area (TPSA) is 9.23 Å². The van der Waals surface area contributed by atoms with Crippen LogP contribution in [0.25, 0.3) is 6.08 Å². The fourth-order valence-electron chi connectivity index (χ4n) is 1.44. The molecule has 1 nitrogen and oxygen atoms in total. The van der Waals surface area contributed by atoms with Crippen LogP contribution in [0.5, 0.6) is 5.75 Å². The molecule has 0 unspecified atom stereocenters. The summed E-state index contributed by atoms with van der Waals surface area (Å²) in [5.41, 5.74) is 2.28. The smallest absolute Gasteiger partial charge is 0.126 e. The molecule has 0 radical (unpaired) electrons. The molecular formula is C15H19ClO. The van der Waals surface area contributed by atoms with Crippen LogP contribution in [0.2, 0.25) is 0 Å². The summed E-state index contributed by atoms with van der Waals surface area (Å²) in [6, 6.07) is 7.96. The van der Waals surface area contributed by atoms with Crippen LogP contribution < -0.4 is 4.74 Å². The summed E-state index contributed by atoms with van der Waals surface area (Å²) in [5.74, 6) is 1.86. The van der Waals surface area contributed by atoms with Crippen LogP contribution in [0.3, 0.4) is 0 Å². The molecule has 0 heterocycles. The molecule has 2 heteroatoms. The Bertz CT molecular complexity index is 394. The number of ether oxygens (including phenoxy) is 1. The lowest BCUT2D eigenvalue weighted by molar-refractivity contribution is 0.362. The van der Waals surface area contributed by atoms with Crippen molar-refractivity contribution in [3.63, 3.8) is 0 Å². The van der Waals surface area contributed by atoms with Gasteiger partial charge >= 0.3 is 0 Å². The largest absolute Gasteiger partial charge is 0.489 e. The molecule has 0 bridgehead atoms. The normalized spacial score (nSPS) is 11.6. The average molecular weight is 251 g/mol. The summed E-state index contributed by atoms with van der Waals surface area (Å²) >= 11 is 5.94. The predicted octanol–water partition coefficient (Wildman–Crippen LogP) is 4.53. The van der Waals surface area contributed by atoms with Crippen LogP contribution in [0.4, 0.5) is 0 Å². The summed E-state index contributed by atoms with van der Waals surface area (Å²) in [7, 11) is 0. The van der Waals surface area contributed by atoms with Gasteiger partial charge in [0.05, 0.1) is 0 Å². The average Bonchev–Trinajstić information content (AvgIpc) is 2.34. The van der Waals surface area contributed by atoms with E-state index < -0.39 is 0 Å². The van der Waals surface area contributed by atoms with Crippen LogP contribution >= 0.6 is 11.6 Å². The number of allylic oxidation sites excluding steroid dienone is 1. The number of hydrogen-bond donors (Lipinski definition) is 0. The van der Waals surface area contributed by atoms with Gasteiger partial charge in [0, 0.05) is 11.4 Å². The van der Waals surface area contributed by atoms with Gasteiger partial charge in [-0.15, -0.1) is 11.6 Å². The zero-order chi connectivity index (χ0) is 12.7. The van der Waals surface area contributed by atoms with Gasteiger partial charge in [0.25, 0.3) is 0 Å². The van der Waals surface area contributed by atoms with Crippen LogP contribution in [-0.4, -0.2) is 12.5 Å². The lowest BCUT2D eigenvalue weighted by Crippen LogP contribution is -1.98. The van der Waals surface area contributed by atoms with Crippen molar-refractivity contribution in [2.24, 2.45) is 5.92 Å². The highest BCUT2D eigenvalue weighted by atomic mass is 35.5. The molecular weight excluding hydrogens is 232 g/mol. The number of para-hydroxylation sites is 1. The van der Waals surface area contributed by atoms with Gasteiger partial charge in [-0.3, -0.25) is 0 Å². The van der Waals surface area contributed by atoms with Gasteiger partial charge < -0.3 is 4.74 Å². The second-order valence-electron chi connectivity index (χ2n) is 4.15. The summed E-state index contributed by atoms with van der Waals surface area (Å²) in [6.07, 6.45) is 3.85. The molecule has 0 aliphatic carbocycles. The van der Waals surface area contributed by atoms with Crippen molar-refractivity contribution in [2.45, 2.75) is 13.8 Å². The standard InChI is InChI=1S/C15H19ClO/c1-4-9-17-15-8-6-5-7-13(15)10-14(11-16)12(2)3/h4-8,10,12H,1,9,11H2,2-3H3. The van der Waals surface area contributed by atoms with Gasteiger partial charge in [0.15, 0.2) is 0 Å². The first-order valence-corrected chi connectivity index (χ1v) is 6.31. The number of benzene rings is 1. The van der Waals surface area contributed by atoms with Crippen molar-refractivity contribution in [2.75, 3.05) is 12.5 Å². The van der Waals surface area contributed by atoms with Crippen LogP contribution in [0, 0.1) is 5.92 Å². The molecule has 1 aromatic carbocycles. The van der Waals surface area contributed by atoms with Gasteiger partial charge in [-0.2, -0.15) is 0 Å². The molecule has 1 aromatic rings. The number of alkyl halides is 1. The second kappa shape index (κ2) is 7.18. The highest BCUT2D eigenvalue weighted by molar-refractivity contribution is 6.19. The molecule has 0 saturated carbocycles. The Hall–Kier alpha value is -1.21. The van der Waals surface area contributed by atoms with E-state index in [1.165, 1.54) is 5.57 Å². The molecule has 0 N–H and O–H groups in total. The highest BCUT2D eigenvalue weighted by Gasteiger charge is 2.05. The fourth-order valence-corrected chi connectivity index (χ4v) is 1.82. The molecule has 0 aliphatic heterocycles. The third-order valence-electron chi connectivity index (χ3n) is 2.51. The Morgan fingerprint density at radius 2 is 2.12 bits per heavy atom. The summed E-state index contributed by atoms with van der Waals surface area (Å²) in [5, 5.41) is 0. The molecule has 0 aromatic heterocycles. The first-order valence-electron chi connectivity index (χ1n) is 5.78. The zero-order valence-corrected chi connectivity index (χ0v) is 11.2. The number of halogens is 1. The van der Waals surface area contributed by atoms with Crippen molar-refractivity contribution in [1.29, 1.82) is 0 Å². The quantitative estimate of drug-likeness (QED) is 0.532. The molecule has 0 saturated heterocycles. The Kier molecular flexibility index (Phi) is 5.85. The van der Waals surface area contributed by atoms with Gasteiger partial charge in [0.1, 0.15) is 12.4 Å². The predicted molar refractivity (Wildman–Crippen MR) is 75.7 cm³/mol. The molecule has 1 rings (SSSR count). The molecule has 0 aliphatic rings. The SMILES string of the molecule is C=CCOc1ccccc1C=C(CCl)C(C)C. The van der Waals surface area contributed by atoms with Gasteiger partial charge in [-0.1, -0.05) is 56.4 Å². The molecule has 17 heavy (non-hydrogen) atoms. The van der Waals surface area contributed by atoms with Gasteiger partial charge in [-0.25, -0.2) is 0 Å². The van der Waals surface area contributed by atoms with E-state index in [9.17, 15) is 0 Å². The zero-order valence-electron chi connectivity index (χ0n) is 10.4. The van der Waals surface area contributed by atoms with Gasteiger partial charge in [0.2, 0.25) is 0 Å². The van der Waals surface area contributed by atoms with Crippen molar-refractivity contribution in [3.8, 4) is 5.75 Å². The van der Waals surface area contributed by atoms with E-state index in [1.54, 1.807) is 6.08 Å². The molecule has 0 fully saturated rings. The maximum Gasteiger partial charge on any atom is 0.126 e. The van der Waals surface area contributed by atoms with E-state index in [1.807, 2.05) is 24.3 Å². The number of hydrogen-bond acceptors (Lipinski definition) is 1. The van der Waals surface area contributed by atoms with Crippen molar-refractivity contribution in [1.82, 2.24) is 0 Å². The Morgan fingerprint density at radius 1 is 1.41 bits per heavy atom.